The summed E-state index contributed by atoms with van der Waals surface area (Å²) in [6.45, 7) is 2.24. The summed E-state index contributed by atoms with van der Waals surface area (Å²) in [5.41, 5.74) is 2.10. The second-order valence-electron chi connectivity index (χ2n) is 4.08. The Morgan fingerprint density at radius 1 is 1.47 bits per heavy atom. The fraction of sp³-hybridized carbons (Fsp3) is 0.357. The number of thiazole rings is 1. The zero-order valence-electron chi connectivity index (χ0n) is 10.8. The van der Waals surface area contributed by atoms with Gasteiger partial charge in [-0.2, -0.15) is 0 Å². The largest absolute Gasteiger partial charge is 0.466 e. The number of carbonyl (C=O) groups is 1. The highest BCUT2D eigenvalue weighted by Gasteiger charge is 2.07. The lowest BCUT2D eigenvalue weighted by Crippen LogP contribution is -2.05. The van der Waals surface area contributed by atoms with Gasteiger partial charge < -0.3 is 4.74 Å². The van der Waals surface area contributed by atoms with Crippen molar-refractivity contribution in [2.45, 2.75) is 26.2 Å². The van der Waals surface area contributed by atoms with E-state index in [2.05, 4.69) is 9.97 Å². The van der Waals surface area contributed by atoms with Crippen LogP contribution in [0.1, 0.15) is 29.6 Å². The normalized spacial score (nSPS) is 10.4. The molecule has 0 unspecified atom stereocenters. The van der Waals surface area contributed by atoms with E-state index in [1.807, 2.05) is 30.6 Å². The van der Waals surface area contributed by atoms with E-state index in [4.69, 9.17) is 4.74 Å². The van der Waals surface area contributed by atoms with Gasteiger partial charge in [-0.25, -0.2) is 4.98 Å². The summed E-state index contributed by atoms with van der Waals surface area (Å²) < 4.78 is 4.89. The Bertz CT molecular complexity index is 525. The summed E-state index contributed by atoms with van der Waals surface area (Å²) in [6, 6.07) is 3.96. The van der Waals surface area contributed by atoms with Crippen molar-refractivity contribution in [1.29, 1.82) is 0 Å². The molecule has 0 saturated carbocycles. The van der Waals surface area contributed by atoms with Crippen LogP contribution in [0.5, 0.6) is 0 Å². The van der Waals surface area contributed by atoms with Crippen LogP contribution < -0.4 is 0 Å². The van der Waals surface area contributed by atoms with Crippen LogP contribution >= 0.6 is 11.3 Å². The molecule has 0 radical (unpaired) electrons. The number of pyridine rings is 1. The standard InChI is InChI=1S/C14H16N2O2S/c1-2-18-14(17)6-5-12-10-19-13(16-12)8-11-4-3-7-15-9-11/h3-4,7,9-10H,2,5-6,8H2,1H3. The van der Waals surface area contributed by atoms with Crippen LogP contribution in [0.4, 0.5) is 0 Å². The Morgan fingerprint density at radius 3 is 3.11 bits per heavy atom. The molecule has 100 valence electrons. The first-order valence-electron chi connectivity index (χ1n) is 6.25. The molecule has 0 aliphatic carbocycles. The number of aromatic nitrogens is 2. The summed E-state index contributed by atoms with van der Waals surface area (Å²) >= 11 is 1.62. The van der Waals surface area contributed by atoms with Crippen molar-refractivity contribution in [3.05, 3.63) is 46.2 Å². The molecule has 2 aromatic rings. The van der Waals surface area contributed by atoms with Crippen LogP contribution in [0.3, 0.4) is 0 Å². The van der Waals surface area contributed by atoms with E-state index < -0.39 is 0 Å². The Kier molecular flexibility index (Phi) is 5.03. The van der Waals surface area contributed by atoms with E-state index in [-0.39, 0.29) is 5.97 Å². The Balaban J connectivity index is 1.87. The van der Waals surface area contributed by atoms with Gasteiger partial charge in [0, 0.05) is 30.6 Å². The van der Waals surface area contributed by atoms with Gasteiger partial charge in [-0.15, -0.1) is 11.3 Å². The van der Waals surface area contributed by atoms with Gasteiger partial charge in [0.1, 0.15) is 0 Å². The van der Waals surface area contributed by atoms with Crippen LogP contribution in [0, 0.1) is 0 Å². The lowest BCUT2D eigenvalue weighted by molar-refractivity contribution is -0.143. The first-order valence-corrected chi connectivity index (χ1v) is 7.13. The maximum absolute atomic E-state index is 11.3. The van der Waals surface area contributed by atoms with Gasteiger partial charge in [0.25, 0.3) is 0 Å². The van der Waals surface area contributed by atoms with E-state index in [0.717, 1.165) is 22.7 Å². The van der Waals surface area contributed by atoms with E-state index >= 15 is 0 Å². The minimum atomic E-state index is -0.163. The average molecular weight is 276 g/mol. The van der Waals surface area contributed by atoms with Gasteiger partial charge in [0.2, 0.25) is 0 Å². The van der Waals surface area contributed by atoms with Gasteiger partial charge in [-0.05, 0) is 18.6 Å². The van der Waals surface area contributed by atoms with Gasteiger partial charge in [-0.3, -0.25) is 9.78 Å². The fourth-order valence-corrected chi connectivity index (χ4v) is 2.55. The topological polar surface area (TPSA) is 52.1 Å². The maximum atomic E-state index is 11.3. The minimum Gasteiger partial charge on any atom is -0.466 e. The van der Waals surface area contributed by atoms with Crippen LogP contribution in [0.2, 0.25) is 0 Å². The molecule has 0 spiro atoms. The smallest absolute Gasteiger partial charge is 0.306 e. The molecule has 19 heavy (non-hydrogen) atoms. The second-order valence-corrected chi connectivity index (χ2v) is 5.02. The van der Waals surface area contributed by atoms with E-state index in [9.17, 15) is 4.79 Å². The molecule has 2 heterocycles. The molecule has 2 rings (SSSR count). The number of hydrogen-bond donors (Lipinski definition) is 0. The predicted molar refractivity (Wildman–Crippen MR) is 74.1 cm³/mol. The summed E-state index contributed by atoms with van der Waals surface area (Å²) in [7, 11) is 0. The number of ether oxygens (including phenoxy) is 1. The zero-order valence-corrected chi connectivity index (χ0v) is 11.7. The lowest BCUT2D eigenvalue weighted by atomic mass is 10.2. The monoisotopic (exact) mass is 276 g/mol. The van der Waals surface area contributed by atoms with Gasteiger partial charge in [0.05, 0.1) is 23.7 Å². The number of nitrogens with zero attached hydrogens (tertiary/aromatic N) is 2. The summed E-state index contributed by atoms with van der Waals surface area (Å²) in [5.74, 6) is -0.163. The molecule has 0 amide bonds. The van der Waals surface area contributed by atoms with E-state index in [1.165, 1.54) is 0 Å². The molecular formula is C14H16N2O2S. The fourth-order valence-electron chi connectivity index (χ4n) is 1.69. The predicted octanol–water partition coefficient (Wildman–Crippen LogP) is 2.62. The van der Waals surface area contributed by atoms with Gasteiger partial charge >= 0.3 is 5.97 Å². The molecule has 4 nitrogen and oxygen atoms in total. The molecule has 0 bridgehead atoms. The highest BCUT2D eigenvalue weighted by atomic mass is 32.1. The maximum Gasteiger partial charge on any atom is 0.306 e. The van der Waals surface area contributed by atoms with Crippen LogP contribution in [-0.2, 0) is 22.4 Å². The van der Waals surface area contributed by atoms with Crippen LogP contribution in [0.25, 0.3) is 0 Å². The summed E-state index contributed by atoms with van der Waals surface area (Å²) in [6.07, 6.45) is 5.43. The number of hydrogen-bond acceptors (Lipinski definition) is 5. The third kappa shape index (κ3) is 4.44. The van der Waals surface area contributed by atoms with E-state index in [1.54, 1.807) is 17.5 Å². The first-order chi connectivity index (χ1) is 9.28. The van der Waals surface area contributed by atoms with Crippen LogP contribution in [-0.4, -0.2) is 22.5 Å². The number of rotatable bonds is 6. The average Bonchev–Trinajstić information content (AvgIpc) is 2.86. The number of carbonyl (C=O) groups excluding carboxylic acids is 1. The highest BCUT2D eigenvalue weighted by Crippen LogP contribution is 2.15. The molecule has 0 aliphatic heterocycles. The molecule has 0 saturated heterocycles. The molecule has 0 N–H and O–H groups in total. The Morgan fingerprint density at radius 2 is 2.37 bits per heavy atom. The molecule has 0 aliphatic rings. The third-order valence-electron chi connectivity index (χ3n) is 2.57. The van der Waals surface area contributed by atoms with Crippen molar-refractivity contribution < 1.29 is 9.53 Å². The molecule has 0 fully saturated rings. The number of aryl methyl sites for hydroxylation is 1. The van der Waals surface area contributed by atoms with Crippen molar-refractivity contribution in [3.63, 3.8) is 0 Å². The quantitative estimate of drug-likeness (QED) is 0.761. The van der Waals surface area contributed by atoms with Crippen molar-refractivity contribution in [3.8, 4) is 0 Å². The SMILES string of the molecule is CCOC(=O)CCc1csc(Cc2cccnc2)n1. The van der Waals surface area contributed by atoms with Gasteiger partial charge in [-0.1, -0.05) is 6.07 Å². The summed E-state index contributed by atoms with van der Waals surface area (Å²) in [5, 5.41) is 3.05. The van der Waals surface area contributed by atoms with Crippen molar-refractivity contribution in [1.82, 2.24) is 9.97 Å². The second kappa shape index (κ2) is 6.99. The molecule has 5 heteroatoms. The molecule has 2 aromatic heterocycles. The van der Waals surface area contributed by atoms with Gasteiger partial charge in [0.15, 0.2) is 0 Å². The summed E-state index contributed by atoms with van der Waals surface area (Å²) in [4.78, 5) is 19.9. The molecule has 0 aromatic carbocycles. The van der Waals surface area contributed by atoms with Crippen LogP contribution in [0.15, 0.2) is 29.9 Å². The minimum absolute atomic E-state index is 0.163. The van der Waals surface area contributed by atoms with E-state index in [0.29, 0.717) is 19.4 Å². The lowest BCUT2D eigenvalue weighted by Gasteiger charge is -1.99. The van der Waals surface area contributed by atoms with Crippen molar-refractivity contribution in [2.75, 3.05) is 6.61 Å². The van der Waals surface area contributed by atoms with Crippen molar-refractivity contribution >= 4 is 17.3 Å². The molecule has 0 atom stereocenters. The number of esters is 1. The zero-order chi connectivity index (χ0) is 13.5. The Labute approximate surface area is 116 Å². The Hall–Kier alpha value is -1.75. The first kappa shape index (κ1) is 13.7. The molecular weight excluding hydrogens is 260 g/mol. The van der Waals surface area contributed by atoms with Crippen molar-refractivity contribution in [2.24, 2.45) is 0 Å². The third-order valence-corrected chi connectivity index (χ3v) is 3.47. The highest BCUT2D eigenvalue weighted by molar-refractivity contribution is 7.09.